The number of rotatable bonds is 4. The van der Waals surface area contributed by atoms with Crippen molar-refractivity contribution in [1.82, 2.24) is 9.80 Å². The summed E-state index contributed by atoms with van der Waals surface area (Å²) in [5.74, 6) is 0.228. The summed E-state index contributed by atoms with van der Waals surface area (Å²) in [6, 6.07) is 11.6. The number of fused-ring (bicyclic) bond motifs is 1. The van der Waals surface area contributed by atoms with Gasteiger partial charge >= 0.3 is 0 Å². The molecule has 4 nitrogen and oxygen atoms in total. The molecule has 3 heterocycles. The molecule has 0 spiro atoms. The first-order valence-corrected chi connectivity index (χ1v) is 11.7. The highest BCUT2D eigenvalue weighted by atomic mass is 32.1. The fourth-order valence-corrected chi connectivity index (χ4v) is 5.59. The summed E-state index contributed by atoms with van der Waals surface area (Å²) in [4.78, 5) is 32.5. The number of carbonyl (C=O) groups is 2. The van der Waals surface area contributed by atoms with Gasteiger partial charge < -0.3 is 9.80 Å². The van der Waals surface area contributed by atoms with Crippen molar-refractivity contribution in [2.75, 3.05) is 19.6 Å². The van der Waals surface area contributed by atoms with Gasteiger partial charge in [-0.3, -0.25) is 9.59 Å². The van der Waals surface area contributed by atoms with E-state index >= 15 is 0 Å². The van der Waals surface area contributed by atoms with Crippen molar-refractivity contribution in [1.29, 1.82) is 0 Å². The minimum Gasteiger partial charge on any atom is -0.342 e. The summed E-state index contributed by atoms with van der Waals surface area (Å²) in [5, 5.41) is 2.04. The lowest BCUT2D eigenvalue weighted by molar-refractivity contribution is -0.134. The molecule has 2 atom stereocenters. The molecule has 0 aliphatic carbocycles. The molecule has 29 heavy (non-hydrogen) atoms. The molecule has 0 saturated carbocycles. The molecule has 0 bridgehead atoms. The molecule has 0 N–H and O–H groups in total. The quantitative estimate of drug-likeness (QED) is 0.705. The second kappa shape index (κ2) is 8.70. The predicted molar refractivity (Wildman–Crippen MR) is 117 cm³/mol. The fraction of sp³-hybridized carbons (Fsp3) is 0.500. The van der Waals surface area contributed by atoms with Crippen molar-refractivity contribution in [2.24, 2.45) is 5.92 Å². The van der Waals surface area contributed by atoms with Crippen molar-refractivity contribution in [3.05, 3.63) is 57.8 Å². The van der Waals surface area contributed by atoms with Gasteiger partial charge in [-0.05, 0) is 41.8 Å². The standard InChI is InChI=1S/C24H30N2O2S/c1-17(2)16-26-22(20-12-9-15-29-20)21(18-10-5-6-11-19(18)23(26)27)24(28)25-13-7-3-4-8-14-25/h5-6,9-12,15,17,21-22H,3-4,7-8,13-14,16H2,1-2H3. The Bertz CT molecular complexity index is 854. The van der Waals surface area contributed by atoms with E-state index in [0.717, 1.165) is 36.4 Å². The molecule has 154 valence electrons. The van der Waals surface area contributed by atoms with Crippen LogP contribution in [0.15, 0.2) is 41.8 Å². The molecule has 1 aromatic heterocycles. The van der Waals surface area contributed by atoms with Gasteiger partial charge in [-0.1, -0.05) is 51.0 Å². The first-order valence-electron chi connectivity index (χ1n) is 10.8. The normalized spacial score (nSPS) is 22.5. The maximum Gasteiger partial charge on any atom is 0.254 e. The van der Waals surface area contributed by atoms with Gasteiger partial charge in [0.1, 0.15) is 0 Å². The van der Waals surface area contributed by atoms with Crippen molar-refractivity contribution >= 4 is 23.2 Å². The van der Waals surface area contributed by atoms with Crippen LogP contribution in [0, 0.1) is 5.92 Å². The zero-order valence-corrected chi connectivity index (χ0v) is 18.2. The smallest absolute Gasteiger partial charge is 0.254 e. The van der Waals surface area contributed by atoms with E-state index in [2.05, 4.69) is 24.8 Å². The van der Waals surface area contributed by atoms with Crippen LogP contribution in [0.4, 0.5) is 0 Å². The van der Waals surface area contributed by atoms with Gasteiger partial charge in [0, 0.05) is 30.1 Å². The van der Waals surface area contributed by atoms with Crippen LogP contribution in [0.2, 0.25) is 0 Å². The summed E-state index contributed by atoms with van der Waals surface area (Å²) in [5.41, 5.74) is 1.58. The summed E-state index contributed by atoms with van der Waals surface area (Å²) < 4.78 is 0. The molecule has 2 aliphatic rings. The third-order valence-electron chi connectivity index (χ3n) is 6.02. The number of hydrogen-bond acceptors (Lipinski definition) is 3. The lowest BCUT2D eigenvalue weighted by atomic mass is 9.80. The third-order valence-corrected chi connectivity index (χ3v) is 6.96. The van der Waals surface area contributed by atoms with Gasteiger partial charge in [0.2, 0.25) is 5.91 Å². The van der Waals surface area contributed by atoms with E-state index in [9.17, 15) is 9.59 Å². The van der Waals surface area contributed by atoms with Crippen molar-refractivity contribution in [3.8, 4) is 0 Å². The monoisotopic (exact) mass is 410 g/mol. The lowest BCUT2D eigenvalue weighted by Gasteiger charge is -2.43. The number of hydrogen-bond donors (Lipinski definition) is 0. The molecular weight excluding hydrogens is 380 g/mol. The van der Waals surface area contributed by atoms with Crippen LogP contribution in [0.5, 0.6) is 0 Å². The molecule has 1 aromatic carbocycles. The summed E-state index contributed by atoms with van der Waals surface area (Å²) in [6.45, 7) is 6.56. The average molecular weight is 411 g/mol. The van der Waals surface area contributed by atoms with Gasteiger partial charge in [0.25, 0.3) is 5.91 Å². The summed E-state index contributed by atoms with van der Waals surface area (Å²) in [6.07, 6.45) is 4.52. The Labute approximate surface area is 177 Å². The Balaban J connectivity index is 1.82. The highest BCUT2D eigenvalue weighted by Crippen LogP contribution is 2.45. The number of amides is 2. The van der Waals surface area contributed by atoms with E-state index in [-0.39, 0.29) is 23.8 Å². The Hall–Kier alpha value is -2.14. The van der Waals surface area contributed by atoms with Crippen molar-refractivity contribution in [3.63, 3.8) is 0 Å². The minimum atomic E-state index is -0.334. The fourth-order valence-electron chi connectivity index (χ4n) is 4.72. The molecule has 1 fully saturated rings. The largest absolute Gasteiger partial charge is 0.342 e. The van der Waals surface area contributed by atoms with E-state index in [0.29, 0.717) is 18.0 Å². The highest BCUT2D eigenvalue weighted by molar-refractivity contribution is 7.10. The Morgan fingerprint density at radius 3 is 2.45 bits per heavy atom. The molecule has 4 rings (SSSR count). The van der Waals surface area contributed by atoms with Crippen molar-refractivity contribution in [2.45, 2.75) is 51.5 Å². The van der Waals surface area contributed by atoms with Crippen LogP contribution in [0.25, 0.3) is 0 Å². The van der Waals surface area contributed by atoms with E-state index in [1.807, 2.05) is 40.6 Å². The SMILES string of the molecule is CC(C)CN1C(=O)c2ccccc2C(C(=O)N2CCCCCC2)C1c1cccs1. The van der Waals surface area contributed by atoms with Crippen LogP contribution in [-0.2, 0) is 4.79 Å². The Kier molecular flexibility index (Phi) is 6.04. The van der Waals surface area contributed by atoms with Gasteiger partial charge in [0.05, 0.1) is 12.0 Å². The molecule has 0 radical (unpaired) electrons. The maximum atomic E-state index is 13.9. The molecule has 1 saturated heterocycles. The second-order valence-corrected chi connectivity index (χ2v) is 9.60. The Morgan fingerprint density at radius 1 is 1.07 bits per heavy atom. The second-order valence-electron chi connectivity index (χ2n) is 8.62. The van der Waals surface area contributed by atoms with Crippen LogP contribution in [0.3, 0.4) is 0 Å². The van der Waals surface area contributed by atoms with E-state index < -0.39 is 0 Å². The van der Waals surface area contributed by atoms with Crippen LogP contribution in [-0.4, -0.2) is 41.2 Å². The summed E-state index contributed by atoms with van der Waals surface area (Å²) in [7, 11) is 0. The first kappa shape index (κ1) is 20.1. The summed E-state index contributed by atoms with van der Waals surface area (Å²) >= 11 is 1.64. The van der Waals surface area contributed by atoms with Gasteiger partial charge in [-0.25, -0.2) is 0 Å². The maximum absolute atomic E-state index is 13.9. The van der Waals surface area contributed by atoms with Gasteiger partial charge in [-0.2, -0.15) is 0 Å². The topological polar surface area (TPSA) is 40.6 Å². The molecule has 2 aliphatic heterocycles. The van der Waals surface area contributed by atoms with Crippen LogP contribution >= 0.6 is 11.3 Å². The third kappa shape index (κ3) is 3.97. The van der Waals surface area contributed by atoms with Gasteiger partial charge in [0.15, 0.2) is 0 Å². The average Bonchev–Trinajstić information content (AvgIpc) is 3.10. The van der Waals surface area contributed by atoms with Gasteiger partial charge in [-0.15, -0.1) is 11.3 Å². The molecule has 2 unspecified atom stereocenters. The minimum absolute atomic E-state index is 0.0487. The molecular formula is C24H30N2O2S. The van der Waals surface area contributed by atoms with E-state index in [4.69, 9.17) is 0 Å². The van der Waals surface area contributed by atoms with Crippen LogP contribution < -0.4 is 0 Å². The Morgan fingerprint density at radius 2 is 1.79 bits per heavy atom. The van der Waals surface area contributed by atoms with E-state index in [1.54, 1.807) is 11.3 Å². The number of likely N-dealkylation sites (tertiary alicyclic amines) is 1. The number of nitrogens with zero attached hydrogens (tertiary/aromatic N) is 2. The molecule has 2 aromatic rings. The number of benzene rings is 1. The lowest BCUT2D eigenvalue weighted by Crippen LogP contribution is -2.49. The zero-order valence-electron chi connectivity index (χ0n) is 17.3. The molecule has 5 heteroatoms. The van der Waals surface area contributed by atoms with E-state index in [1.165, 1.54) is 12.8 Å². The predicted octanol–water partition coefficient (Wildman–Crippen LogP) is 5.09. The number of carbonyl (C=O) groups excluding carboxylic acids is 2. The molecule has 2 amide bonds. The highest BCUT2D eigenvalue weighted by Gasteiger charge is 2.45. The number of thiophene rings is 1. The first-order chi connectivity index (χ1) is 14.1. The zero-order chi connectivity index (χ0) is 20.4. The van der Waals surface area contributed by atoms with Crippen LogP contribution in [0.1, 0.15) is 72.3 Å². The van der Waals surface area contributed by atoms with Crippen molar-refractivity contribution < 1.29 is 9.59 Å².